The molecule has 1 aromatic carbocycles. The van der Waals surface area contributed by atoms with Crippen molar-refractivity contribution >= 4 is 0 Å². The van der Waals surface area contributed by atoms with Gasteiger partial charge in [0.1, 0.15) is 0 Å². The van der Waals surface area contributed by atoms with E-state index >= 15 is 0 Å². The molecule has 0 fully saturated rings. The van der Waals surface area contributed by atoms with Gasteiger partial charge in [0.2, 0.25) is 0 Å². The summed E-state index contributed by atoms with van der Waals surface area (Å²) in [5, 5.41) is 0. The lowest BCUT2D eigenvalue weighted by atomic mass is 10.0. The van der Waals surface area contributed by atoms with Crippen molar-refractivity contribution in [2.24, 2.45) is 0 Å². The third kappa shape index (κ3) is 1.29. The summed E-state index contributed by atoms with van der Waals surface area (Å²) < 4.78 is 5.35. The van der Waals surface area contributed by atoms with Crippen LogP contribution in [0.15, 0.2) is 18.2 Å². The zero-order valence-corrected chi connectivity index (χ0v) is 6.76. The van der Waals surface area contributed by atoms with Gasteiger partial charge in [0.25, 0.3) is 0 Å². The van der Waals surface area contributed by atoms with Crippen LogP contribution in [0.5, 0.6) is 0 Å². The first-order valence-corrected chi connectivity index (χ1v) is 4.02. The van der Waals surface area contributed by atoms with Gasteiger partial charge >= 0.3 is 0 Å². The van der Waals surface area contributed by atoms with E-state index in [1.807, 2.05) is 0 Å². The molecule has 0 amide bonds. The Hall–Kier alpha value is -0.820. The van der Waals surface area contributed by atoms with Gasteiger partial charge in [-0.2, -0.15) is 0 Å². The molecule has 0 saturated heterocycles. The van der Waals surface area contributed by atoms with Crippen LogP contribution in [0.25, 0.3) is 0 Å². The van der Waals surface area contributed by atoms with Crippen LogP contribution >= 0.6 is 0 Å². The Morgan fingerprint density at radius 1 is 1.27 bits per heavy atom. The molecule has 1 aliphatic rings. The second kappa shape index (κ2) is 2.67. The molecule has 0 atom stereocenters. The lowest BCUT2D eigenvalue weighted by molar-refractivity contribution is 0.110. The summed E-state index contributed by atoms with van der Waals surface area (Å²) in [6, 6.07) is 6.60. The van der Waals surface area contributed by atoms with Gasteiger partial charge in [-0.1, -0.05) is 23.8 Å². The van der Waals surface area contributed by atoms with Gasteiger partial charge < -0.3 is 4.74 Å². The monoisotopic (exact) mass is 148 g/mol. The predicted molar refractivity (Wildman–Crippen MR) is 44.5 cm³/mol. The van der Waals surface area contributed by atoms with Gasteiger partial charge in [-0.05, 0) is 24.5 Å². The smallest absolute Gasteiger partial charge is 0.0719 e. The first kappa shape index (κ1) is 6.86. The topological polar surface area (TPSA) is 9.23 Å². The molecular weight excluding hydrogens is 136 g/mol. The SMILES string of the molecule is Cc1ccc2c(c1)COCC2. The summed E-state index contributed by atoms with van der Waals surface area (Å²) in [6.07, 6.45) is 1.08. The number of rotatable bonds is 0. The van der Waals surface area contributed by atoms with Crippen LogP contribution in [0, 0.1) is 6.92 Å². The molecule has 58 valence electrons. The van der Waals surface area contributed by atoms with Gasteiger partial charge in [0.15, 0.2) is 0 Å². The average molecular weight is 148 g/mol. The van der Waals surface area contributed by atoms with Crippen LogP contribution in [-0.2, 0) is 17.8 Å². The van der Waals surface area contributed by atoms with E-state index in [4.69, 9.17) is 4.74 Å². The van der Waals surface area contributed by atoms with Crippen molar-refractivity contribution in [3.63, 3.8) is 0 Å². The van der Waals surface area contributed by atoms with Gasteiger partial charge in [0, 0.05) is 0 Å². The Labute approximate surface area is 67.0 Å². The summed E-state index contributed by atoms with van der Waals surface area (Å²) in [5.41, 5.74) is 4.16. The van der Waals surface area contributed by atoms with E-state index in [2.05, 4.69) is 25.1 Å². The van der Waals surface area contributed by atoms with Crippen LogP contribution in [-0.4, -0.2) is 6.61 Å². The molecule has 0 N–H and O–H groups in total. The molecule has 1 nitrogen and oxygen atoms in total. The van der Waals surface area contributed by atoms with Crippen molar-refractivity contribution < 1.29 is 4.74 Å². The molecule has 1 heterocycles. The second-order valence-electron chi connectivity index (χ2n) is 3.07. The van der Waals surface area contributed by atoms with Crippen molar-refractivity contribution in [2.75, 3.05) is 6.61 Å². The van der Waals surface area contributed by atoms with Gasteiger partial charge in [0.05, 0.1) is 13.2 Å². The number of hydrogen-bond donors (Lipinski definition) is 0. The summed E-state index contributed by atoms with van der Waals surface area (Å²) >= 11 is 0. The molecule has 1 aliphatic heterocycles. The highest BCUT2D eigenvalue weighted by Gasteiger charge is 2.07. The quantitative estimate of drug-likeness (QED) is 0.547. The molecule has 1 heteroatoms. The third-order valence-electron chi connectivity index (χ3n) is 2.14. The summed E-state index contributed by atoms with van der Waals surface area (Å²) in [4.78, 5) is 0. The minimum atomic E-state index is 0.803. The first-order chi connectivity index (χ1) is 5.36. The van der Waals surface area contributed by atoms with Crippen LogP contribution in [0.4, 0.5) is 0 Å². The minimum Gasteiger partial charge on any atom is -0.376 e. The second-order valence-corrected chi connectivity index (χ2v) is 3.07. The molecular formula is C10H12O. The van der Waals surface area contributed by atoms with Crippen molar-refractivity contribution in [1.82, 2.24) is 0 Å². The Morgan fingerprint density at radius 2 is 2.18 bits per heavy atom. The maximum absolute atomic E-state index is 5.35. The summed E-state index contributed by atoms with van der Waals surface area (Å²) in [5.74, 6) is 0. The zero-order chi connectivity index (χ0) is 7.68. The van der Waals surface area contributed by atoms with E-state index in [9.17, 15) is 0 Å². The van der Waals surface area contributed by atoms with E-state index in [0.717, 1.165) is 19.6 Å². The Morgan fingerprint density at radius 3 is 3.09 bits per heavy atom. The lowest BCUT2D eigenvalue weighted by Gasteiger charge is -2.16. The Bertz CT molecular complexity index is 266. The number of aryl methyl sites for hydroxylation is 1. The summed E-state index contributed by atoms with van der Waals surface area (Å²) in [6.45, 7) is 3.81. The van der Waals surface area contributed by atoms with E-state index in [1.165, 1.54) is 16.7 Å². The molecule has 0 unspecified atom stereocenters. The molecule has 0 saturated carbocycles. The van der Waals surface area contributed by atoms with Crippen LogP contribution in [0.2, 0.25) is 0 Å². The van der Waals surface area contributed by atoms with E-state index in [-0.39, 0.29) is 0 Å². The Kier molecular flexibility index (Phi) is 1.66. The van der Waals surface area contributed by atoms with E-state index < -0.39 is 0 Å². The number of benzene rings is 1. The molecule has 0 aromatic heterocycles. The number of ether oxygens (including phenoxy) is 1. The van der Waals surface area contributed by atoms with E-state index in [1.54, 1.807) is 0 Å². The molecule has 0 spiro atoms. The maximum Gasteiger partial charge on any atom is 0.0719 e. The fourth-order valence-electron chi connectivity index (χ4n) is 1.50. The zero-order valence-electron chi connectivity index (χ0n) is 6.76. The highest BCUT2D eigenvalue weighted by Crippen LogP contribution is 2.17. The molecule has 0 bridgehead atoms. The van der Waals surface area contributed by atoms with Crippen molar-refractivity contribution in [3.8, 4) is 0 Å². The maximum atomic E-state index is 5.35. The lowest BCUT2D eigenvalue weighted by Crippen LogP contribution is -2.09. The average Bonchev–Trinajstić information content (AvgIpc) is 2.04. The van der Waals surface area contributed by atoms with Crippen molar-refractivity contribution in [1.29, 1.82) is 0 Å². The fourth-order valence-corrected chi connectivity index (χ4v) is 1.50. The summed E-state index contributed by atoms with van der Waals surface area (Å²) in [7, 11) is 0. The molecule has 0 radical (unpaired) electrons. The first-order valence-electron chi connectivity index (χ1n) is 4.02. The molecule has 0 aliphatic carbocycles. The highest BCUT2D eigenvalue weighted by atomic mass is 16.5. The fraction of sp³-hybridized carbons (Fsp3) is 0.400. The van der Waals surface area contributed by atoms with Crippen molar-refractivity contribution in [2.45, 2.75) is 20.0 Å². The van der Waals surface area contributed by atoms with Crippen LogP contribution in [0.1, 0.15) is 16.7 Å². The van der Waals surface area contributed by atoms with Gasteiger partial charge in [-0.25, -0.2) is 0 Å². The number of fused-ring (bicyclic) bond motifs is 1. The van der Waals surface area contributed by atoms with Gasteiger partial charge in [-0.3, -0.25) is 0 Å². The molecule has 1 aromatic rings. The largest absolute Gasteiger partial charge is 0.376 e. The standard InChI is InChI=1S/C10H12O/c1-8-2-3-9-4-5-11-7-10(9)6-8/h2-3,6H,4-5,7H2,1H3. The molecule has 2 rings (SSSR count). The predicted octanol–water partition coefficient (Wildman–Crippen LogP) is 2.07. The number of hydrogen-bond acceptors (Lipinski definition) is 1. The van der Waals surface area contributed by atoms with Crippen LogP contribution in [0.3, 0.4) is 0 Å². The van der Waals surface area contributed by atoms with E-state index in [0.29, 0.717) is 0 Å². The van der Waals surface area contributed by atoms with Crippen molar-refractivity contribution in [3.05, 3.63) is 34.9 Å². The minimum absolute atomic E-state index is 0.803. The Balaban J connectivity index is 2.43. The highest BCUT2D eigenvalue weighted by molar-refractivity contribution is 5.32. The van der Waals surface area contributed by atoms with Crippen LogP contribution < -0.4 is 0 Å². The normalized spacial score (nSPS) is 16.1. The molecule has 11 heavy (non-hydrogen) atoms. The van der Waals surface area contributed by atoms with Gasteiger partial charge in [-0.15, -0.1) is 0 Å². The third-order valence-corrected chi connectivity index (χ3v) is 2.14.